The van der Waals surface area contributed by atoms with E-state index in [9.17, 15) is 0 Å². The maximum Gasteiger partial charge on any atom is 0.123 e. The van der Waals surface area contributed by atoms with Gasteiger partial charge in [-0.2, -0.15) is 0 Å². The van der Waals surface area contributed by atoms with Crippen LogP contribution >= 0.6 is 22.9 Å². The van der Waals surface area contributed by atoms with Gasteiger partial charge in [-0.15, -0.1) is 22.9 Å². The first-order chi connectivity index (χ1) is 10.3. The molecule has 1 aliphatic heterocycles. The van der Waals surface area contributed by atoms with E-state index in [1.165, 1.54) is 37.1 Å². The van der Waals surface area contributed by atoms with E-state index in [0.29, 0.717) is 5.88 Å². The van der Waals surface area contributed by atoms with Gasteiger partial charge in [0.15, 0.2) is 0 Å². The highest BCUT2D eigenvalue weighted by atomic mass is 35.5. The molecule has 1 aromatic heterocycles. The molecule has 21 heavy (non-hydrogen) atoms. The second-order valence-corrected chi connectivity index (χ2v) is 7.04. The van der Waals surface area contributed by atoms with E-state index in [4.69, 9.17) is 11.6 Å². The smallest absolute Gasteiger partial charge is 0.123 e. The molecule has 0 radical (unpaired) electrons. The van der Waals surface area contributed by atoms with Gasteiger partial charge in [-0.25, -0.2) is 4.98 Å². The van der Waals surface area contributed by atoms with Gasteiger partial charge in [-0.05, 0) is 30.9 Å². The Hall–Kier alpha value is -0.900. The van der Waals surface area contributed by atoms with E-state index in [1.54, 1.807) is 11.3 Å². The van der Waals surface area contributed by atoms with Gasteiger partial charge in [0, 0.05) is 24.0 Å². The first-order valence-electron chi connectivity index (χ1n) is 7.57. The topological polar surface area (TPSA) is 16.1 Å². The van der Waals surface area contributed by atoms with Crippen molar-refractivity contribution in [3.05, 3.63) is 40.9 Å². The molecule has 1 aromatic carbocycles. The van der Waals surface area contributed by atoms with Crippen LogP contribution < -0.4 is 0 Å². The lowest BCUT2D eigenvalue weighted by Crippen LogP contribution is -2.33. The summed E-state index contributed by atoms with van der Waals surface area (Å²) in [6.45, 7) is 5.80. The average molecular weight is 321 g/mol. The summed E-state index contributed by atoms with van der Waals surface area (Å²) in [5, 5.41) is 3.15. The number of alkyl halides is 1. The summed E-state index contributed by atoms with van der Waals surface area (Å²) in [5.41, 5.74) is 3.61. The Labute approximate surface area is 135 Å². The van der Waals surface area contributed by atoms with Crippen molar-refractivity contribution in [1.29, 1.82) is 0 Å². The number of piperidine rings is 1. The molecule has 4 heteroatoms. The molecule has 1 atom stereocenters. The van der Waals surface area contributed by atoms with E-state index in [2.05, 4.69) is 46.5 Å². The molecule has 0 saturated carbocycles. The van der Waals surface area contributed by atoms with Crippen molar-refractivity contribution in [2.75, 3.05) is 13.1 Å². The zero-order valence-electron chi connectivity index (χ0n) is 12.4. The molecule has 112 valence electrons. The van der Waals surface area contributed by atoms with Gasteiger partial charge in [-0.3, -0.25) is 4.90 Å². The van der Waals surface area contributed by atoms with Gasteiger partial charge >= 0.3 is 0 Å². The second kappa shape index (κ2) is 6.91. The Kier molecular flexibility index (Phi) is 4.94. The normalized spacial score (nSPS) is 19.8. The van der Waals surface area contributed by atoms with Crippen LogP contribution in [0.25, 0.3) is 10.6 Å². The highest BCUT2D eigenvalue weighted by Gasteiger charge is 2.18. The number of rotatable bonds is 4. The number of benzene rings is 1. The molecule has 0 N–H and O–H groups in total. The summed E-state index contributed by atoms with van der Waals surface area (Å²) in [5.74, 6) is 1.30. The minimum Gasteiger partial charge on any atom is -0.299 e. The van der Waals surface area contributed by atoms with Gasteiger partial charge < -0.3 is 0 Å². The van der Waals surface area contributed by atoms with Crippen molar-refractivity contribution in [3.8, 4) is 10.6 Å². The molecule has 0 aliphatic carbocycles. The maximum atomic E-state index is 5.88. The van der Waals surface area contributed by atoms with Crippen molar-refractivity contribution in [2.24, 2.45) is 5.92 Å². The molecule has 0 bridgehead atoms. The summed E-state index contributed by atoms with van der Waals surface area (Å²) >= 11 is 7.56. The Morgan fingerprint density at radius 3 is 3.00 bits per heavy atom. The van der Waals surface area contributed by atoms with Crippen LogP contribution in [0.2, 0.25) is 0 Å². The van der Waals surface area contributed by atoms with Crippen molar-refractivity contribution in [2.45, 2.75) is 32.2 Å². The summed E-state index contributed by atoms with van der Waals surface area (Å²) in [6.07, 6.45) is 2.68. The third-order valence-electron chi connectivity index (χ3n) is 4.07. The zero-order valence-corrected chi connectivity index (χ0v) is 14.0. The second-order valence-electron chi connectivity index (χ2n) is 5.92. The molecule has 1 unspecified atom stereocenters. The van der Waals surface area contributed by atoms with Gasteiger partial charge in [0.05, 0.1) is 11.6 Å². The van der Waals surface area contributed by atoms with E-state index in [-0.39, 0.29) is 0 Å². The molecule has 1 aliphatic rings. The molecule has 1 fully saturated rings. The monoisotopic (exact) mass is 320 g/mol. The van der Waals surface area contributed by atoms with E-state index < -0.39 is 0 Å². The Balaban J connectivity index is 1.82. The van der Waals surface area contributed by atoms with E-state index in [1.807, 2.05) is 0 Å². The molecule has 3 rings (SSSR count). The summed E-state index contributed by atoms with van der Waals surface area (Å²) < 4.78 is 0. The minimum absolute atomic E-state index is 0.488. The van der Waals surface area contributed by atoms with Gasteiger partial charge in [-0.1, -0.05) is 31.2 Å². The van der Waals surface area contributed by atoms with E-state index in [0.717, 1.165) is 23.2 Å². The van der Waals surface area contributed by atoms with Crippen molar-refractivity contribution >= 4 is 22.9 Å². The quantitative estimate of drug-likeness (QED) is 0.754. The van der Waals surface area contributed by atoms with Crippen LogP contribution in [-0.4, -0.2) is 23.0 Å². The van der Waals surface area contributed by atoms with Crippen LogP contribution in [0.5, 0.6) is 0 Å². The number of hydrogen-bond acceptors (Lipinski definition) is 3. The Morgan fingerprint density at radius 2 is 2.24 bits per heavy atom. The van der Waals surface area contributed by atoms with E-state index >= 15 is 0 Å². The lowest BCUT2D eigenvalue weighted by atomic mass is 9.99. The molecule has 0 spiro atoms. The number of likely N-dealkylation sites (tertiary alicyclic amines) is 1. The molecule has 2 heterocycles. The van der Waals surface area contributed by atoms with Crippen LogP contribution in [0.4, 0.5) is 0 Å². The molecular formula is C17H21ClN2S. The average Bonchev–Trinajstić information content (AvgIpc) is 2.97. The molecule has 2 nitrogen and oxygen atoms in total. The number of thiazole rings is 1. The van der Waals surface area contributed by atoms with Crippen LogP contribution in [0, 0.1) is 5.92 Å². The summed E-state index contributed by atoms with van der Waals surface area (Å²) in [6, 6.07) is 8.64. The van der Waals surface area contributed by atoms with Crippen molar-refractivity contribution < 1.29 is 0 Å². The number of hydrogen-bond donors (Lipinski definition) is 0. The van der Waals surface area contributed by atoms with Crippen molar-refractivity contribution in [3.63, 3.8) is 0 Å². The molecule has 0 amide bonds. The first-order valence-corrected chi connectivity index (χ1v) is 8.98. The zero-order chi connectivity index (χ0) is 14.7. The molecular weight excluding hydrogens is 300 g/mol. The maximum absolute atomic E-state index is 5.88. The predicted molar refractivity (Wildman–Crippen MR) is 90.8 cm³/mol. The number of halogens is 1. The lowest BCUT2D eigenvalue weighted by molar-refractivity contribution is 0.177. The predicted octanol–water partition coefficient (Wildman–Crippen LogP) is 4.78. The van der Waals surface area contributed by atoms with Gasteiger partial charge in [0.25, 0.3) is 0 Å². The fourth-order valence-electron chi connectivity index (χ4n) is 3.03. The SMILES string of the molecule is CC1CCCN(Cc2ccccc2-c2nc(CCl)cs2)C1. The Morgan fingerprint density at radius 1 is 1.38 bits per heavy atom. The number of nitrogens with zero attached hydrogens (tertiary/aromatic N) is 2. The fourth-order valence-corrected chi connectivity index (χ4v) is 4.14. The van der Waals surface area contributed by atoms with Crippen LogP contribution in [-0.2, 0) is 12.4 Å². The Bertz CT molecular complexity index is 596. The highest BCUT2D eigenvalue weighted by Crippen LogP contribution is 2.29. The van der Waals surface area contributed by atoms with Crippen LogP contribution in [0.3, 0.4) is 0 Å². The van der Waals surface area contributed by atoms with Crippen LogP contribution in [0.1, 0.15) is 31.0 Å². The van der Waals surface area contributed by atoms with Crippen molar-refractivity contribution in [1.82, 2.24) is 9.88 Å². The minimum atomic E-state index is 0.488. The highest BCUT2D eigenvalue weighted by molar-refractivity contribution is 7.13. The summed E-state index contributed by atoms with van der Waals surface area (Å²) in [7, 11) is 0. The lowest BCUT2D eigenvalue weighted by Gasteiger charge is -2.31. The largest absolute Gasteiger partial charge is 0.299 e. The van der Waals surface area contributed by atoms with Gasteiger partial charge in [0.1, 0.15) is 5.01 Å². The number of aromatic nitrogens is 1. The van der Waals surface area contributed by atoms with Gasteiger partial charge in [0.2, 0.25) is 0 Å². The van der Waals surface area contributed by atoms with Crippen LogP contribution in [0.15, 0.2) is 29.6 Å². The molecule has 1 saturated heterocycles. The first kappa shape index (κ1) is 15.0. The summed E-state index contributed by atoms with van der Waals surface area (Å²) in [4.78, 5) is 7.21. The fraction of sp³-hybridized carbons (Fsp3) is 0.471. The molecule has 2 aromatic rings. The third kappa shape index (κ3) is 3.65. The third-order valence-corrected chi connectivity index (χ3v) is 5.27. The standard InChI is InChI=1S/C17H21ClN2S/c1-13-5-4-8-20(10-13)11-14-6-2-3-7-16(14)17-19-15(9-18)12-21-17/h2-3,6-7,12-13H,4-5,8-11H2,1H3.